The van der Waals surface area contributed by atoms with E-state index in [9.17, 15) is 5.11 Å². The van der Waals surface area contributed by atoms with Crippen LogP contribution < -0.4 is 0 Å². The highest BCUT2D eigenvalue weighted by atomic mass is 32.2. The summed E-state index contributed by atoms with van der Waals surface area (Å²) >= 11 is 1.55. The Balaban J connectivity index is 2.18. The number of aromatic nitrogens is 2. The van der Waals surface area contributed by atoms with Gasteiger partial charge in [0.15, 0.2) is 5.16 Å². The minimum absolute atomic E-state index is 0.380. The van der Waals surface area contributed by atoms with E-state index < -0.39 is 0 Å². The van der Waals surface area contributed by atoms with Crippen LogP contribution in [0.25, 0.3) is 0 Å². The van der Waals surface area contributed by atoms with Crippen LogP contribution in [0.1, 0.15) is 42.0 Å². The van der Waals surface area contributed by atoms with Gasteiger partial charge < -0.3 is 5.11 Å². The molecule has 20 heavy (non-hydrogen) atoms. The second-order valence-corrected chi connectivity index (χ2v) is 5.94. The standard InChI is InChI=1S/C16H20N2OS/c1-5-15(19)13-6-8-14(9-7-13)20-16-17-11(3)10(2)12(4)18-16/h6-9,15,19H,5H2,1-4H3/t15-/m0/s1. The highest BCUT2D eigenvalue weighted by molar-refractivity contribution is 7.99. The number of hydrogen-bond acceptors (Lipinski definition) is 4. The quantitative estimate of drug-likeness (QED) is 0.864. The summed E-state index contributed by atoms with van der Waals surface area (Å²) in [6, 6.07) is 7.94. The molecular weight excluding hydrogens is 268 g/mol. The van der Waals surface area contributed by atoms with Crippen LogP contribution in [0.2, 0.25) is 0 Å². The topological polar surface area (TPSA) is 46.0 Å². The van der Waals surface area contributed by atoms with Gasteiger partial charge in [0, 0.05) is 16.3 Å². The Labute approximate surface area is 124 Å². The van der Waals surface area contributed by atoms with Crippen molar-refractivity contribution in [2.75, 3.05) is 0 Å². The minimum atomic E-state index is -0.380. The fourth-order valence-electron chi connectivity index (χ4n) is 1.89. The van der Waals surface area contributed by atoms with Crippen LogP contribution in [0.15, 0.2) is 34.3 Å². The van der Waals surface area contributed by atoms with Crippen LogP contribution in [-0.2, 0) is 0 Å². The molecule has 0 amide bonds. The van der Waals surface area contributed by atoms with Gasteiger partial charge in [0.2, 0.25) is 0 Å². The minimum Gasteiger partial charge on any atom is -0.388 e. The normalized spacial score (nSPS) is 12.4. The summed E-state index contributed by atoms with van der Waals surface area (Å²) in [4.78, 5) is 10.1. The molecule has 1 heterocycles. The number of aliphatic hydroxyl groups is 1. The van der Waals surface area contributed by atoms with Gasteiger partial charge in [-0.25, -0.2) is 9.97 Å². The fourth-order valence-corrected chi connectivity index (χ4v) is 2.73. The van der Waals surface area contributed by atoms with Crippen LogP contribution in [0, 0.1) is 20.8 Å². The molecule has 1 atom stereocenters. The van der Waals surface area contributed by atoms with E-state index in [4.69, 9.17) is 0 Å². The first kappa shape index (κ1) is 15.0. The van der Waals surface area contributed by atoms with E-state index in [-0.39, 0.29) is 6.10 Å². The lowest BCUT2D eigenvalue weighted by atomic mass is 10.1. The van der Waals surface area contributed by atoms with Crippen molar-refractivity contribution in [3.63, 3.8) is 0 Å². The molecule has 106 valence electrons. The second-order valence-electron chi connectivity index (χ2n) is 4.90. The summed E-state index contributed by atoms with van der Waals surface area (Å²) in [5, 5.41) is 10.6. The molecule has 0 spiro atoms. The molecule has 0 aliphatic carbocycles. The maximum absolute atomic E-state index is 9.78. The summed E-state index contributed by atoms with van der Waals surface area (Å²) in [6.45, 7) is 8.03. The molecule has 0 bridgehead atoms. The van der Waals surface area contributed by atoms with Gasteiger partial charge in [-0.3, -0.25) is 0 Å². The Morgan fingerprint density at radius 2 is 1.60 bits per heavy atom. The Bertz CT molecular complexity index is 573. The third kappa shape index (κ3) is 3.38. The van der Waals surface area contributed by atoms with Gasteiger partial charge in [-0.05, 0) is 62.2 Å². The molecule has 2 rings (SSSR count). The van der Waals surface area contributed by atoms with E-state index in [1.807, 2.05) is 52.0 Å². The molecule has 0 aliphatic heterocycles. The molecule has 0 aliphatic rings. The predicted octanol–water partition coefficient (Wildman–Crippen LogP) is 4.00. The SMILES string of the molecule is CC[C@H](O)c1ccc(Sc2nc(C)c(C)c(C)n2)cc1. The van der Waals surface area contributed by atoms with Gasteiger partial charge in [0.1, 0.15) is 0 Å². The smallest absolute Gasteiger partial charge is 0.192 e. The van der Waals surface area contributed by atoms with Crippen LogP contribution >= 0.6 is 11.8 Å². The first-order valence-electron chi connectivity index (χ1n) is 6.79. The van der Waals surface area contributed by atoms with Crippen molar-refractivity contribution in [3.8, 4) is 0 Å². The van der Waals surface area contributed by atoms with E-state index in [1.54, 1.807) is 11.8 Å². The van der Waals surface area contributed by atoms with Crippen LogP contribution in [0.5, 0.6) is 0 Å². The van der Waals surface area contributed by atoms with Crippen LogP contribution in [-0.4, -0.2) is 15.1 Å². The summed E-state index contributed by atoms with van der Waals surface area (Å²) < 4.78 is 0. The van der Waals surface area contributed by atoms with Gasteiger partial charge in [-0.1, -0.05) is 19.1 Å². The van der Waals surface area contributed by atoms with Crippen molar-refractivity contribution < 1.29 is 5.11 Å². The number of aliphatic hydroxyl groups excluding tert-OH is 1. The zero-order valence-electron chi connectivity index (χ0n) is 12.3. The number of benzene rings is 1. The molecule has 0 unspecified atom stereocenters. The van der Waals surface area contributed by atoms with E-state index >= 15 is 0 Å². The number of aryl methyl sites for hydroxylation is 2. The Morgan fingerprint density at radius 1 is 1.05 bits per heavy atom. The van der Waals surface area contributed by atoms with Crippen molar-refractivity contribution in [1.82, 2.24) is 9.97 Å². The largest absolute Gasteiger partial charge is 0.388 e. The van der Waals surface area contributed by atoms with E-state index in [0.29, 0.717) is 0 Å². The molecule has 2 aromatic rings. The van der Waals surface area contributed by atoms with Crippen molar-refractivity contribution in [2.45, 2.75) is 50.3 Å². The third-order valence-corrected chi connectivity index (χ3v) is 4.35. The van der Waals surface area contributed by atoms with Gasteiger partial charge >= 0.3 is 0 Å². The van der Waals surface area contributed by atoms with Crippen molar-refractivity contribution >= 4 is 11.8 Å². The monoisotopic (exact) mass is 288 g/mol. The summed E-state index contributed by atoms with van der Waals surface area (Å²) in [6.07, 6.45) is 0.348. The molecular formula is C16H20N2OS. The summed E-state index contributed by atoms with van der Waals surface area (Å²) in [5.74, 6) is 0. The zero-order valence-corrected chi connectivity index (χ0v) is 13.2. The molecule has 0 saturated heterocycles. The Kier molecular flexibility index (Phi) is 4.78. The lowest BCUT2D eigenvalue weighted by Gasteiger charge is -2.09. The molecule has 0 saturated carbocycles. The molecule has 1 N–H and O–H groups in total. The zero-order chi connectivity index (χ0) is 14.7. The first-order valence-corrected chi connectivity index (χ1v) is 7.60. The van der Waals surface area contributed by atoms with Crippen LogP contribution in [0.4, 0.5) is 0 Å². The van der Waals surface area contributed by atoms with E-state index in [2.05, 4.69) is 9.97 Å². The van der Waals surface area contributed by atoms with Crippen molar-refractivity contribution in [1.29, 1.82) is 0 Å². The third-order valence-electron chi connectivity index (χ3n) is 3.47. The van der Waals surface area contributed by atoms with Gasteiger partial charge in [0.25, 0.3) is 0 Å². The Hall–Kier alpha value is -1.39. The molecule has 3 nitrogen and oxygen atoms in total. The average molecular weight is 288 g/mol. The van der Waals surface area contributed by atoms with Gasteiger partial charge in [-0.2, -0.15) is 0 Å². The van der Waals surface area contributed by atoms with E-state index in [1.165, 1.54) is 0 Å². The average Bonchev–Trinajstić information content (AvgIpc) is 2.44. The predicted molar refractivity (Wildman–Crippen MR) is 82.1 cm³/mol. The molecule has 1 aromatic heterocycles. The second kappa shape index (κ2) is 6.37. The first-order chi connectivity index (χ1) is 9.51. The van der Waals surface area contributed by atoms with Crippen LogP contribution in [0.3, 0.4) is 0 Å². The summed E-state index contributed by atoms with van der Waals surface area (Å²) in [7, 11) is 0. The fraction of sp³-hybridized carbons (Fsp3) is 0.375. The molecule has 0 fully saturated rings. The Morgan fingerprint density at radius 3 is 2.10 bits per heavy atom. The number of rotatable bonds is 4. The lowest BCUT2D eigenvalue weighted by Crippen LogP contribution is -1.98. The summed E-state index contributed by atoms with van der Waals surface area (Å²) in [5.41, 5.74) is 4.15. The maximum atomic E-state index is 9.78. The number of hydrogen-bond donors (Lipinski definition) is 1. The number of nitrogens with zero attached hydrogens (tertiary/aromatic N) is 2. The highest BCUT2D eigenvalue weighted by Gasteiger charge is 2.08. The highest BCUT2D eigenvalue weighted by Crippen LogP contribution is 2.27. The maximum Gasteiger partial charge on any atom is 0.192 e. The van der Waals surface area contributed by atoms with E-state index in [0.717, 1.165) is 39.0 Å². The molecule has 4 heteroatoms. The molecule has 0 radical (unpaired) electrons. The van der Waals surface area contributed by atoms with Gasteiger partial charge in [-0.15, -0.1) is 0 Å². The molecule has 1 aromatic carbocycles. The van der Waals surface area contributed by atoms with Crippen molar-refractivity contribution in [2.24, 2.45) is 0 Å². The van der Waals surface area contributed by atoms with Crippen molar-refractivity contribution in [3.05, 3.63) is 46.8 Å². The lowest BCUT2D eigenvalue weighted by molar-refractivity contribution is 0.173. The van der Waals surface area contributed by atoms with Gasteiger partial charge in [0.05, 0.1) is 6.10 Å².